The van der Waals surface area contributed by atoms with Gasteiger partial charge in [0.2, 0.25) is 0 Å². The number of carbonyl (C=O) groups excluding carboxylic acids is 2. The van der Waals surface area contributed by atoms with Gasteiger partial charge in [0.25, 0.3) is 11.6 Å². The molecule has 0 aliphatic rings. The van der Waals surface area contributed by atoms with Crippen LogP contribution < -0.4 is 5.32 Å². The van der Waals surface area contributed by atoms with E-state index in [2.05, 4.69) is 37.2 Å². The molecule has 0 unspecified atom stereocenters. The number of nitrogens with one attached hydrogen (secondary N) is 1. The molecule has 1 N–H and O–H groups in total. The first-order valence-electron chi connectivity index (χ1n) is 6.74. The molecule has 2 rings (SSSR count). The van der Waals surface area contributed by atoms with E-state index in [1.165, 1.54) is 12.1 Å². The number of nitrogens with zero attached hydrogens (tertiary/aromatic N) is 1. The number of benzene rings is 2. The normalized spacial score (nSPS) is 10.3. The number of esters is 1. The van der Waals surface area contributed by atoms with E-state index >= 15 is 0 Å². The molecule has 1 amide bonds. The highest BCUT2D eigenvalue weighted by Crippen LogP contribution is 2.35. The Hall–Kier alpha value is -2.40. The van der Waals surface area contributed by atoms with E-state index in [0.29, 0.717) is 6.07 Å². The van der Waals surface area contributed by atoms with Gasteiger partial charge in [-0.2, -0.15) is 0 Å². The lowest BCUT2D eigenvalue weighted by atomic mass is 10.2. The van der Waals surface area contributed by atoms with E-state index in [4.69, 9.17) is 4.74 Å². The summed E-state index contributed by atoms with van der Waals surface area (Å²) in [6.07, 6.45) is 0. The molecular weight excluding hydrogens is 486 g/mol. The highest BCUT2D eigenvalue weighted by Gasteiger charge is 2.17. The number of hydrogen-bond donors (Lipinski definition) is 1. The molecule has 2 aromatic carbocycles. The summed E-state index contributed by atoms with van der Waals surface area (Å²) in [7, 11) is 0. The number of halogens is 4. The lowest BCUT2D eigenvalue weighted by molar-refractivity contribution is -0.385. The second kappa shape index (κ2) is 8.32. The van der Waals surface area contributed by atoms with Gasteiger partial charge >= 0.3 is 5.97 Å². The molecule has 26 heavy (non-hydrogen) atoms. The number of hydrogen-bond acceptors (Lipinski definition) is 5. The summed E-state index contributed by atoms with van der Waals surface area (Å²) in [5.41, 5.74) is -0.400. The summed E-state index contributed by atoms with van der Waals surface area (Å²) in [6, 6.07) is 4.50. The van der Waals surface area contributed by atoms with Crippen molar-refractivity contribution in [1.29, 1.82) is 0 Å². The largest absolute Gasteiger partial charge is 0.452 e. The van der Waals surface area contributed by atoms with Crippen LogP contribution in [0.1, 0.15) is 10.4 Å². The molecule has 136 valence electrons. The minimum absolute atomic E-state index is 0.188. The van der Waals surface area contributed by atoms with Crippen molar-refractivity contribution in [3.8, 4) is 0 Å². The maximum Gasteiger partial charge on any atom is 0.338 e. The zero-order chi connectivity index (χ0) is 19.4. The molecule has 2 aromatic rings. The average Bonchev–Trinajstić information content (AvgIpc) is 2.54. The molecule has 0 saturated heterocycles. The van der Waals surface area contributed by atoms with Gasteiger partial charge in [-0.05, 0) is 44.0 Å². The Balaban J connectivity index is 2.03. The second-order valence-electron chi connectivity index (χ2n) is 4.82. The van der Waals surface area contributed by atoms with Gasteiger partial charge in [-0.15, -0.1) is 0 Å². The van der Waals surface area contributed by atoms with Crippen LogP contribution in [0, 0.1) is 21.7 Å². The fourth-order valence-corrected chi connectivity index (χ4v) is 3.21. The van der Waals surface area contributed by atoms with E-state index in [0.717, 1.165) is 12.1 Å². The Labute approximate surface area is 161 Å². The Kier molecular flexibility index (Phi) is 6.37. The number of amides is 1. The van der Waals surface area contributed by atoms with Gasteiger partial charge in [0, 0.05) is 27.1 Å². The predicted octanol–water partition coefficient (Wildman–Crippen LogP) is 4.19. The van der Waals surface area contributed by atoms with E-state index in [1.807, 2.05) is 0 Å². The van der Waals surface area contributed by atoms with Crippen molar-refractivity contribution in [3.05, 3.63) is 66.6 Å². The molecule has 0 fully saturated rings. The highest BCUT2D eigenvalue weighted by atomic mass is 79.9. The van der Waals surface area contributed by atoms with E-state index in [9.17, 15) is 28.5 Å². The van der Waals surface area contributed by atoms with Crippen LogP contribution in [0.5, 0.6) is 0 Å². The molecule has 0 atom stereocenters. The fraction of sp³-hybridized carbons (Fsp3) is 0.0667. The third-order valence-corrected chi connectivity index (χ3v) is 4.19. The van der Waals surface area contributed by atoms with Gasteiger partial charge in [-0.25, -0.2) is 13.6 Å². The van der Waals surface area contributed by atoms with E-state index in [-0.39, 0.29) is 25.9 Å². The van der Waals surface area contributed by atoms with Crippen LogP contribution in [0.2, 0.25) is 0 Å². The van der Waals surface area contributed by atoms with Crippen molar-refractivity contribution >= 4 is 55.1 Å². The van der Waals surface area contributed by atoms with Crippen LogP contribution in [0.15, 0.2) is 39.3 Å². The molecule has 7 nitrogen and oxygen atoms in total. The van der Waals surface area contributed by atoms with Crippen molar-refractivity contribution < 1.29 is 28.0 Å². The number of non-ortho nitro benzene ring substituents is 1. The van der Waals surface area contributed by atoms with Crippen molar-refractivity contribution in [3.63, 3.8) is 0 Å². The third kappa shape index (κ3) is 5.05. The number of anilines is 1. The topological polar surface area (TPSA) is 98.5 Å². The van der Waals surface area contributed by atoms with Gasteiger partial charge in [0.05, 0.1) is 16.2 Å². The Bertz CT molecular complexity index is 864. The number of nitro groups is 1. The maximum absolute atomic E-state index is 13.1. The minimum atomic E-state index is -1.08. The molecule has 0 aromatic heterocycles. The number of ether oxygens (including phenoxy) is 1. The summed E-state index contributed by atoms with van der Waals surface area (Å²) in [4.78, 5) is 33.8. The number of carbonyl (C=O) groups is 2. The van der Waals surface area contributed by atoms with E-state index in [1.54, 1.807) is 0 Å². The van der Waals surface area contributed by atoms with Crippen LogP contribution in [0.25, 0.3) is 0 Å². The first-order valence-corrected chi connectivity index (χ1v) is 8.32. The summed E-state index contributed by atoms with van der Waals surface area (Å²) >= 11 is 6.17. The van der Waals surface area contributed by atoms with Crippen molar-refractivity contribution in [1.82, 2.24) is 0 Å². The zero-order valence-electron chi connectivity index (χ0n) is 12.6. The predicted molar refractivity (Wildman–Crippen MR) is 93.8 cm³/mol. The minimum Gasteiger partial charge on any atom is -0.452 e. The standard InChI is InChI=1S/C15H8Br2F2N2O5/c16-11-4-10(21(24)25)5-12(17)14(11)20-13(22)6-26-15(23)7-1-8(18)3-9(19)2-7/h1-5H,6H2,(H,20,22). The smallest absolute Gasteiger partial charge is 0.338 e. The van der Waals surface area contributed by atoms with Crippen molar-refractivity contribution in [2.24, 2.45) is 0 Å². The van der Waals surface area contributed by atoms with Gasteiger partial charge in [0.15, 0.2) is 6.61 Å². The Morgan fingerprint density at radius 2 is 1.62 bits per heavy atom. The molecule has 0 radical (unpaired) electrons. The molecule has 0 spiro atoms. The summed E-state index contributed by atoms with van der Waals surface area (Å²) < 4.78 is 31.3. The molecule has 0 aliphatic carbocycles. The average molecular weight is 494 g/mol. The Morgan fingerprint density at radius 3 is 2.12 bits per heavy atom. The molecule has 0 heterocycles. The van der Waals surface area contributed by atoms with Crippen molar-refractivity contribution in [2.45, 2.75) is 0 Å². The monoisotopic (exact) mass is 492 g/mol. The third-order valence-electron chi connectivity index (χ3n) is 2.93. The summed E-state index contributed by atoms with van der Waals surface area (Å²) in [6.45, 7) is -0.729. The van der Waals surface area contributed by atoms with Crippen molar-refractivity contribution in [2.75, 3.05) is 11.9 Å². The quantitative estimate of drug-likeness (QED) is 0.382. The summed E-state index contributed by atoms with van der Waals surface area (Å²) in [5, 5.41) is 13.2. The SMILES string of the molecule is O=C(COC(=O)c1cc(F)cc(F)c1)Nc1c(Br)cc([N+](=O)[O-])cc1Br. The summed E-state index contributed by atoms with van der Waals surface area (Å²) in [5.74, 6) is -3.76. The Morgan fingerprint density at radius 1 is 1.08 bits per heavy atom. The maximum atomic E-state index is 13.1. The van der Waals surface area contributed by atoms with Gasteiger partial charge < -0.3 is 10.1 Å². The van der Waals surface area contributed by atoms with Gasteiger partial charge in [-0.1, -0.05) is 0 Å². The van der Waals surface area contributed by atoms with Crippen LogP contribution in [-0.2, 0) is 9.53 Å². The van der Waals surface area contributed by atoms with Crippen LogP contribution >= 0.6 is 31.9 Å². The van der Waals surface area contributed by atoms with Gasteiger partial charge in [-0.3, -0.25) is 14.9 Å². The molecular formula is C15H8Br2F2N2O5. The van der Waals surface area contributed by atoms with E-state index < -0.39 is 35.0 Å². The highest BCUT2D eigenvalue weighted by molar-refractivity contribution is 9.11. The van der Waals surface area contributed by atoms with Crippen LogP contribution in [-0.4, -0.2) is 23.4 Å². The lowest BCUT2D eigenvalue weighted by Gasteiger charge is -2.10. The number of rotatable bonds is 5. The fourth-order valence-electron chi connectivity index (χ4n) is 1.85. The first-order chi connectivity index (χ1) is 12.2. The molecule has 0 aliphatic heterocycles. The zero-order valence-corrected chi connectivity index (χ0v) is 15.8. The van der Waals surface area contributed by atoms with Gasteiger partial charge in [0.1, 0.15) is 11.6 Å². The molecule has 11 heteroatoms. The van der Waals surface area contributed by atoms with Crippen LogP contribution in [0.3, 0.4) is 0 Å². The second-order valence-corrected chi connectivity index (χ2v) is 6.53. The first kappa shape index (κ1) is 19.9. The number of nitro benzene ring substituents is 1. The lowest BCUT2D eigenvalue weighted by Crippen LogP contribution is -2.21. The van der Waals surface area contributed by atoms with Crippen LogP contribution in [0.4, 0.5) is 20.2 Å². The molecule has 0 bridgehead atoms. The molecule has 0 saturated carbocycles.